The molecule has 0 saturated heterocycles. The molecule has 6 heteroatoms. The van der Waals surface area contributed by atoms with E-state index in [-0.39, 0.29) is 6.61 Å². The number of nitrogens with zero attached hydrogens (tertiary/aromatic N) is 2. The molecule has 0 saturated carbocycles. The first-order valence-corrected chi connectivity index (χ1v) is 7.49. The number of hydrogen-bond acceptors (Lipinski definition) is 6. The highest BCUT2D eigenvalue weighted by Gasteiger charge is 2.16. The zero-order valence-corrected chi connectivity index (χ0v) is 13.8. The Labute approximate surface area is 136 Å². The highest BCUT2D eigenvalue weighted by molar-refractivity contribution is 5.87. The van der Waals surface area contributed by atoms with E-state index in [0.717, 1.165) is 34.6 Å². The number of hydrogen-bond donors (Lipinski definition) is 3. The molecule has 0 spiro atoms. The van der Waals surface area contributed by atoms with Crippen molar-refractivity contribution in [2.75, 3.05) is 50.3 Å². The van der Waals surface area contributed by atoms with Gasteiger partial charge in [0.05, 0.1) is 18.9 Å². The number of anilines is 3. The second kappa shape index (κ2) is 7.80. The molecular weight excluding hydrogens is 292 g/mol. The summed E-state index contributed by atoms with van der Waals surface area (Å²) in [5.41, 5.74) is 10.4. The number of pyridine rings is 1. The second-order valence-corrected chi connectivity index (χ2v) is 5.24. The minimum Gasteiger partial charge on any atom is -0.392 e. The van der Waals surface area contributed by atoms with Crippen LogP contribution in [-0.2, 0) is 11.3 Å². The summed E-state index contributed by atoms with van der Waals surface area (Å²) in [6, 6.07) is 7.85. The number of methoxy groups -OCH3 is 1. The molecule has 0 amide bonds. The molecule has 23 heavy (non-hydrogen) atoms. The first-order valence-electron chi connectivity index (χ1n) is 7.49. The van der Waals surface area contributed by atoms with E-state index in [1.165, 1.54) is 0 Å². The molecule has 124 valence electrons. The first kappa shape index (κ1) is 17.1. The molecule has 0 bridgehead atoms. The maximum atomic E-state index is 9.94. The fourth-order valence-corrected chi connectivity index (χ4v) is 2.66. The molecule has 1 aromatic heterocycles. The van der Waals surface area contributed by atoms with Gasteiger partial charge in [-0.05, 0) is 17.7 Å². The molecule has 2 aromatic rings. The fourth-order valence-electron chi connectivity index (χ4n) is 2.66. The molecule has 1 heterocycles. The molecule has 0 aliphatic rings. The van der Waals surface area contributed by atoms with Crippen molar-refractivity contribution in [3.05, 3.63) is 36.0 Å². The van der Waals surface area contributed by atoms with E-state index in [1.807, 2.05) is 38.4 Å². The van der Waals surface area contributed by atoms with Crippen LogP contribution in [0.25, 0.3) is 11.1 Å². The van der Waals surface area contributed by atoms with Crippen LogP contribution in [0.3, 0.4) is 0 Å². The van der Waals surface area contributed by atoms with Gasteiger partial charge in [-0.3, -0.25) is 0 Å². The Morgan fingerprint density at radius 2 is 2.09 bits per heavy atom. The van der Waals surface area contributed by atoms with Crippen molar-refractivity contribution in [2.24, 2.45) is 0 Å². The largest absolute Gasteiger partial charge is 0.392 e. The Kier molecular flexibility index (Phi) is 5.78. The molecular formula is C17H24N4O2. The minimum atomic E-state index is -0.0613. The Balaban J connectivity index is 2.54. The minimum absolute atomic E-state index is 0.0613. The molecule has 6 nitrogen and oxygen atoms in total. The van der Waals surface area contributed by atoms with E-state index in [0.29, 0.717) is 12.4 Å². The lowest BCUT2D eigenvalue weighted by atomic mass is 9.97. The Morgan fingerprint density at radius 1 is 1.30 bits per heavy atom. The highest BCUT2D eigenvalue weighted by Crippen LogP contribution is 2.36. The van der Waals surface area contributed by atoms with Crippen LogP contribution >= 0.6 is 0 Å². The number of nitrogens with two attached hydrogens (primary N) is 1. The molecule has 4 N–H and O–H groups in total. The molecule has 1 aromatic carbocycles. The summed E-state index contributed by atoms with van der Waals surface area (Å²) in [7, 11) is 5.47. The van der Waals surface area contributed by atoms with Crippen LogP contribution in [-0.4, -0.2) is 44.4 Å². The third kappa shape index (κ3) is 3.55. The van der Waals surface area contributed by atoms with Gasteiger partial charge in [-0.15, -0.1) is 0 Å². The third-order valence-electron chi connectivity index (χ3n) is 3.87. The van der Waals surface area contributed by atoms with Gasteiger partial charge in [-0.1, -0.05) is 12.1 Å². The lowest BCUT2D eigenvalue weighted by molar-refractivity contribution is 0.206. The summed E-state index contributed by atoms with van der Waals surface area (Å²) in [5, 5.41) is 13.0. The summed E-state index contributed by atoms with van der Waals surface area (Å²) < 4.78 is 5.14. The molecule has 0 aliphatic carbocycles. The van der Waals surface area contributed by atoms with Gasteiger partial charge in [0, 0.05) is 50.8 Å². The van der Waals surface area contributed by atoms with Crippen molar-refractivity contribution in [2.45, 2.75) is 6.61 Å². The van der Waals surface area contributed by atoms with Crippen molar-refractivity contribution in [3.8, 4) is 11.1 Å². The molecule has 0 aliphatic heterocycles. The smallest absolute Gasteiger partial charge is 0.147 e. The Hall–Kier alpha value is -2.31. The number of benzene rings is 1. The van der Waals surface area contributed by atoms with E-state index in [1.54, 1.807) is 13.3 Å². The van der Waals surface area contributed by atoms with E-state index >= 15 is 0 Å². The van der Waals surface area contributed by atoms with Crippen LogP contribution in [0, 0.1) is 0 Å². The van der Waals surface area contributed by atoms with Crippen molar-refractivity contribution >= 4 is 17.2 Å². The summed E-state index contributed by atoms with van der Waals surface area (Å²) in [6.45, 7) is 1.30. The summed E-state index contributed by atoms with van der Waals surface area (Å²) in [5.74, 6) is 0.437. The quantitative estimate of drug-likeness (QED) is 0.724. The monoisotopic (exact) mass is 316 g/mol. The van der Waals surface area contributed by atoms with E-state index < -0.39 is 0 Å². The maximum Gasteiger partial charge on any atom is 0.147 e. The molecule has 0 radical (unpaired) electrons. The van der Waals surface area contributed by atoms with Crippen molar-refractivity contribution in [1.82, 2.24) is 4.98 Å². The van der Waals surface area contributed by atoms with Crippen LogP contribution in [0.2, 0.25) is 0 Å². The van der Waals surface area contributed by atoms with Gasteiger partial charge in [-0.25, -0.2) is 4.98 Å². The van der Waals surface area contributed by atoms with Gasteiger partial charge < -0.3 is 25.8 Å². The average Bonchev–Trinajstić information content (AvgIpc) is 2.58. The van der Waals surface area contributed by atoms with Crippen LogP contribution in [0.5, 0.6) is 0 Å². The van der Waals surface area contributed by atoms with Gasteiger partial charge in [0.1, 0.15) is 5.82 Å². The highest BCUT2D eigenvalue weighted by atomic mass is 16.5. The molecule has 0 unspecified atom stereocenters. The number of rotatable bonds is 7. The fraction of sp³-hybridized carbons (Fsp3) is 0.353. The third-order valence-corrected chi connectivity index (χ3v) is 3.87. The number of aromatic nitrogens is 1. The van der Waals surface area contributed by atoms with Crippen molar-refractivity contribution < 1.29 is 9.84 Å². The SMILES string of the molecule is CNc1c(-c2cccc(N(C)CCOC)c2CO)ccnc1N. The standard InChI is InChI=1S/C17H24N4O2/c1-19-16-13(7-8-20-17(16)18)12-5-4-6-15(14(12)11-22)21(2)9-10-23-3/h4-8,19,22H,9-11H2,1-3H3,(H2,18,20). The lowest BCUT2D eigenvalue weighted by Crippen LogP contribution is -2.23. The topological polar surface area (TPSA) is 83.6 Å². The summed E-state index contributed by atoms with van der Waals surface area (Å²) >= 11 is 0. The predicted octanol–water partition coefficient (Wildman–Crippen LogP) is 1.95. The summed E-state index contributed by atoms with van der Waals surface area (Å²) in [6.07, 6.45) is 1.67. The number of likely N-dealkylation sites (N-methyl/N-ethyl adjacent to an activating group) is 1. The predicted molar refractivity (Wildman–Crippen MR) is 94.7 cm³/mol. The van der Waals surface area contributed by atoms with E-state index in [9.17, 15) is 5.11 Å². The first-order chi connectivity index (χ1) is 11.1. The average molecular weight is 316 g/mol. The van der Waals surface area contributed by atoms with Crippen molar-refractivity contribution in [1.29, 1.82) is 0 Å². The maximum absolute atomic E-state index is 9.94. The number of ether oxygens (including phenoxy) is 1. The number of aliphatic hydroxyl groups excluding tert-OH is 1. The van der Waals surface area contributed by atoms with Crippen LogP contribution in [0.1, 0.15) is 5.56 Å². The van der Waals surface area contributed by atoms with Gasteiger partial charge in [0.2, 0.25) is 0 Å². The molecule has 0 atom stereocenters. The Bertz CT molecular complexity index is 661. The number of aliphatic hydroxyl groups is 1. The molecule has 0 fully saturated rings. The van der Waals surface area contributed by atoms with Crippen molar-refractivity contribution in [3.63, 3.8) is 0 Å². The van der Waals surface area contributed by atoms with Gasteiger partial charge in [0.25, 0.3) is 0 Å². The van der Waals surface area contributed by atoms with Gasteiger partial charge in [0.15, 0.2) is 0 Å². The van der Waals surface area contributed by atoms with Crippen LogP contribution in [0.15, 0.2) is 30.5 Å². The summed E-state index contributed by atoms with van der Waals surface area (Å²) in [4.78, 5) is 6.19. The number of nitrogens with one attached hydrogen (secondary N) is 1. The second-order valence-electron chi connectivity index (χ2n) is 5.24. The Morgan fingerprint density at radius 3 is 2.74 bits per heavy atom. The molecule has 2 rings (SSSR count). The number of nitrogen functional groups attached to an aromatic ring is 1. The van der Waals surface area contributed by atoms with E-state index in [4.69, 9.17) is 10.5 Å². The van der Waals surface area contributed by atoms with E-state index in [2.05, 4.69) is 15.2 Å². The zero-order chi connectivity index (χ0) is 16.8. The normalized spacial score (nSPS) is 10.6. The lowest BCUT2D eigenvalue weighted by Gasteiger charge is -2.24. The van der Waals surface area contributed by atoms with Crippen LogP contribution in [0.4, 0.5) is 17.2 Å². The van der Waals surface area contributed by atoms with Gasteiger partial charge >= 0.3 is 0 Å². The zero-order valence-electron chi connectivity index (χ0n) is 13.8. The van der Waals surface area contributed by atoms with Gasteiger partial charge in [-0.2, -0.15) is 0 Å². The van der Waals surface area contributed by atoms with Crippen LogP contribution < -0.4 is 16.0 Å².